The third-order valence-corrected chi connectivity index (χ3v) is 2.93. The summed E-state index contributed by atoms with van der Waals surface area (Å²) in [7, 11) is 0. The van der Waals surface area contributed by atoms with E-state index in [1.54, 1.807) is 12.1 Å². The van der Waals surface area contributed by atoms with Gasteiger partial charge in [0.05, 0.1) is 0 Å². The van der Waals surface area contributed by atoms with Crippen molar-refractivity contribution in [3.05, 3.63) is 60.2 Å². The molecule has 0 unspecified atom stereocenters. The predicted octanol–water partition coefficient (Wildman–Crippen LogP) is 2.89. The molecule has 81 valence electrons. The zero-order valence-corrected chi connectivity index (χ0v) is 9.10. The van der Waals surface area contributed by atoms with Gasteiger partial charge in [-0.2, -0.15) is 0 Å². The second kappa shape index (κ2) is 3.59. The van der Waals surface area contributed by atoms with Crippen LogP contribution in [-0.4, -0.2) is 5.91 Å². The standard InChI is InChI=1S/C15H10NO/c16-15(17)13-7-3-6-12-8-10-4-1-2-5-11(10)9-14(12)13/h1-5,7-9H,(H2,16,17). The van der Waals surface area contributed by atoms with Gasteiger partial charge < -0.3 is 5.73 Å². The highest BCUT2D eigenvalue weighted by Crippen LogP contribution is 2.24. The Labute approximate surface area is 98.7 Å². The van der Waals surface area contributed by atoms with Gasteiger partial charge in [-0.25, -0.2) is 0 Å². The van der Waals surface area contributed by atoms with Crippen LogP contribution in [0.25, 0.3) is 21.5 Å². The average molecular weight is 220 g/mol. The molecule has 1 radical (unpaired) electrons. The van der Waals surface area contributed by atoms with E-state index in [2.05, 4.69) is 6.07 Å². The van der Waals surface area contributed by atoms with E-state index in [9.17, 15) is 4.79 Å². The van der Waals surface area contributed by atoms with Gasteiger partial charge in [-0.1, -0.05) is 30.3 Å². The van der Waals surface area contributed by atoms with Crippen molar-refractivity contribution in [2.45, 2.75) is 0 Å². The maximum atomic E-state index is 11.4. The molecule has 2 heteroatoms. The zero-order valence-electron chi connectivity index (χ0n) is 9.10. The molecule has 0 bridgehead atoms. The minimum Gasteiger partial charge on any atom is -0.366 e. The smallest absolute Gasteiger partial charge is 0.249 e. The van der Waals surface area contributed by atoms with E-state index in [4.69, 9.17) is 5.73 Å². The predicted molar refractivity (Wildman–Crippen MR) is 68.8 cm³/mol. The van der Waals surface area contributed by atoms with Crippen LogP contribution in [0.4, 0.5) is 0 Å². The van der Waals surface area contributed by atoms with Gasteiger partial charge in [0.15, 0.2) is 0 Å². The van der Waals surface area contributed by atoms with Gasteiger partial charge in [-0.05, 0) is 45.8 Å². The lowest BCUT2D eigenvalue weighted by molar-refractivity contribution is 0.100. The molecule has 2 N–H and O–H groups in total. The van der Waals surface area contributed by atoms with Gasteiger partial charge in [0.25, 0.3) is 0 Å². The Balaban J connectivity index is 2.47. The Kier molecular flexibility index (Phi) is 2.08. The number of rotatable bonds is 1. The Morgan fingerprint density at radius 1 is 1.06 bits per heavy atom. The molecule has 3 aromatic carbocycles. The van der Waals surface area contributed by atoms with Crippen LogP contribution in [0.3, 0.4) is 0 Å². The van der Waals surface area contributed by atoms with Gasteiger partial charge >= 0.3 is 0 Å². The summed E-state index contributed by atoms with van der Waals surface area (Å²) in [5.74, 6) is -0.403. The molecule has 0 atom stereocenters. The van der Waals surface area contributed by atoms with Gasteiger partial charge in [0.1, 0.15) is 0 Å². The Bertz CT molecular complexity index is 731. The van der Waals surface area contributed by atoms with Gasteiger partial charge in [0.2, 0.25) is 5.91 Å². The van der Waals surface area contributed by atoms with E-state index in [0.29, 0.717) is 5.56 Å². The molecular weight excluding hydrogens is 210 g/mol. The number of hydrogen-bond acceptors (Lipinski definition) is 1. The van der Waals surface area contributed by atoms with Gasteiger partial charge in [-0.15, -0.1) is 0 Å². The summed E-state index contributed by atoms with van der Waals surface area (Å²) in [4.78, 5) is 11.4. The third-order valence-electron chi connectivity index (χ3n) is 2.93. The molecule has 3 rings (SSSR count). The van der Waals surface area contributed by atoms with Crippen LogP contribution < -0.4 is 5.73 Å². The summed E-state index contributed by atoms with van der Waals surface area (Å²) in [5, 5.41) is 4.01. The summed E-state index contributed by atoms with van der Waals surface area (Å²) in [6, 6.07) is 18.6. The van der Waals surface area contributed by atoms with Crippen molar-refractivity contribution in [3.63, 3.8) is 0 Å². The number of carbonyl (C=O) groups excluding carboxylic acids is 1. The van der Waals surface area contributed by atoms with Crippen LogP contribution in [0.5, 0.6) is 0 Å². The first kappa shape index (κ1) is 9.85. The Hall–Kier alpha value is -2.35. The van der Waals surface area contributed by atoms with Crippen LogP contribution in [0, 0.1) is 6.07 Å². The molecule has 0 spiro atoms. The van der Waals surface area contributed by atoms with Gasteiger partial charge in [0, 0.05) is 5.56 Å². The van der Waals surface area contributed by atoms with Crippen molar-refractivity contribution in [2.24, 2.45) is 5.73 Å². The van der Waals surface area contributed by atoms with Crippen LogP contribution in [0.2, 0.25) is 0 Å². The lowest BCUT2D eigenvalue weighted by Gasteiger charge is -2.05. The Morgan fingerprint density at radius 2 is 1.76 bits per heavy atom. The maximum Gasteiger partial charge on any atom is 0.249 e. The highest BCUT2D eigenvalue weighted by molar-refractivity contribution is 6.09. The molecule has 1 amide bonds. The second-order valence-corrected chi connectivity index (χ2v) is 4.00. The van der Waals surface area contributed by atoms with Crippen LogP contribution in [0.1, 0.15) is 10.4 Å². The van der Waals surface area contributed by atoms with Crippen LogP contribution in [-0.2, 0) is 0 Å². The molecule has 0 aliphatic carbocycles. The minimum atomic E-state index is -0.403. The van der Waals surface area contributed by atoms with E-state index in [0.717, 1.165) is 21.5 Å². The van der Waals surface area contributed by atoms with Crippen LogP contribution >= 0.6 is 0 Å². The number of amides is 1. The zero-order chi connectivity index (χ0) is 11.8. The number of nitrogens with two attached hydrogens (primary N) is 1. The summed E-state index contributed by atoms with van der Waals surface area (Å²) < 4.78 is 0. The molecule has 0 heterocycles. The quantitative estimate of drug-likeness (QED) is 0.629. The molecule has 17 heavy (non-hydrogen) atoms. The molecule has 0 saturated carbocycles. The normalized spacial score (nSPS) is 10.8. The van der Waals surface area contributed by atoms with Crippen molar-refractivity contribution in [1.82, 2.24) is 0 Å². The minimum absolute atomic E-state index is 0.403. The Morgan fingerprint density at radius 3 is 2.47 bits per heavy atom. The topological polar surface area (TPSA) is 43.1 Å². The third kappa shape index (κ3) is 1.54. The molecule has 0 saturated heterocycles. The van der Waals surface area contributed by atoms with E-state index in [1.807, 2.05) is 36.4 Å². The first-order chi connectivity index (χ1) is 8.25. The fourth-order valence-electron chi connectivity index (χ4n) is 2.10. The lowest BCUT2D eigenvalue weighted by Crippen LogP contribution is -2.11. The molecule has 0 aliphatic rings. The summed E-state index contributed by atoms with van der Waals surface area (Å²) >= 11 is 0. The number of benzene rings is 3. The van der Waals surface area contributed by atoms with E-state index in [1.165, 1.54) is 0 Å². The van der Waals surface area contributed by atoms with E-state index >= 15 is 0 Å². The van der Waals surface area contributed by atoms with Crippen LogP contribution in [0.15, 0.2) is 48.5 Å². The molecule has 0 aliphatic heterocycles. The molecule has 0 fully saturated rings. The van der Waals surface area contributed by atoms with E-state index in [-0.39, 0.29) is 0 Å². The average Bonchev–Trinajstić information content (AvgIpc) is 2.35. The highest BCUT2D eigenvalue weighted by atomic mass is 16.1. The molecular formula is C15H10NO. The summed E-state index contributed by atoms with van der Waals surface area (Å²) in [6.07, 6.45) is 0. The monoisotopic (exact) mass is 220 g/mol. The lowest BCUT2D eigenvalue weighted by atomic mass is 9.99. The largest absolute Gasteiger partial charge is 0.366 e. The fourth-order valence-corrected chi connectivity index (χ4v) is 2.10. The van der Waals surface area contributed by atoms with Crippen molar-refractivity contribution < 1.29 is 4.79 Å². The van der Waals surface area contributed by atoms with Crippen molar-refractivity contribution in [1.29, 1.82) is 0 Å². The maximum absolute atomic E-state index is 11.4. The number of hydrogen-bond donors (Lipinski definition) is 1. The van der Waals surface area contributed by atoms with Crippen molar-refractivity contribution >= 4 is 27.5 Å². The first-order valence-electron chi connectivity index (χ1n) is 5.39. The number of primary amides is 1. The number of fused-ring (bicyclic) bond motifs is 2. The first-order valence-corrected chi connectivity index (χ1v) is 5.39. The SMILES string of the molecule is NC(=O)c1cc[c]c2cc3ccccc3cc12. The molecule has 2 nitrogen and oxygen atoms in total. The molecule has 0 aromatic heterocycles. The molecule has 3 aromatic rings. The summed E-state index contributed by atoms with van der Waals surface area (Å²) in [5.41, 5.74) is 5.92. The van der Waals surface area contributed by atoms with Crippen molar-refractivity contribution in [3.8, 4) is 0 Å². The van der Waals surface area contributed by atoms with Gasteiger partial charge in [-0.3, -0.25) is 4.79 Å². The highest BCUT2D eigenvalue weighted by Gasteiger charge is 2.06. The fraction of sp³-hybridized carbons (Fsp3) is 0. The summed E-state index contributed by atoms with van der Waals surface area (Å²) in [6.45, 7) is 0. The number of carbonyl (C=O) groups is 1. The van der Waals surface area contributed by atoms with Crippen molar-refractivity contribution in [2.75, 3.05) is 0 Å². The second-order valence-electron chi connectivity index (χ2n) is 4.00. The van der Waals surface area contributed by atoms with E-state index < -0.39 is 5.91 Å².